The first-order valence-corrected chi connectivity index (χ1v) is 4.51. The lowest BCUT2D eigenvalue weighted by Crippen LogP contribution is -2.33. The summed E-state index contributed by atoms with van der Waals surface area (Å²) in [6.45, 7) is 4.98. The maximum absolute atomic E-state index is 10.8. The van der Waals surface area contributed by atoms with E-state index in [-0.39, 0.29) is 5.97 Å². The Morgan fingerprint density at radius 2 is 2.31 bits per heavy atom. The third-order valence-electron chi connectivity index (χ3n) is 2.26. The number of hydrogen-bond donors (Lipinski definition) is 1. The van der Waals surface area contributed by atoms with Crippen molar-refractivity contribution in [1.82, 2.24) is 0 Å². The Labute approximate surface area is 78.4 Å². The fourth-order valence-corrected chi connectivity index (χ4v) is 1.75. The molecule has 1 atom stereocenters. The van der Waals surface area contributed by atoms with Crippen LogP contribution in [0.4, 0.5) is 0 Å². The molecule has 1 unspecified atom stereocenters. The van der Waals surface area contributed by atoms with Crippen LogP contribution in [0.25, 0.3) is 0 Å². The summed E-state index contributed by atoms with van der Waals surface area (Å²) in [5, 5.41) is 9.58. The van der Waals surface area contributed by atoms with Crippen LogP contribution in [0.5, 0.6) is 0 Å². The number of aliphatic hydroxyl groups excluding tert-OH is 1. The Morgan fingerprint density at radius 3 is 2.69 bits per heavy atom. The van der Waals surface area contributed by atoms with Crippen molar-refractivity contribution >= 4 is 5.97 Å². The molecular weight excluding hydrogens is 168 g/mol. The van der Waals surface area contributed by atoms with Crippen LogP contribution in [-0.4, -0.2) is 22.8 Å². The molecule has 0 spiro atoms. The number of esters is 1. The molecule has 74 valence electrons. The molecule has 1 aliphatic rings. The lowest BCUT2D eigenvalue weighted by molar-refractivity contribution is -0.151. The monoisotopic (exact) mass is 184 g/mol. The van der Waals surface area contributed by atoms with Crippen molar-refractivity contribution in [2.24, 2.45) is 0 Å². The number of carbonyl (C=O) groups is 1. The summed E-state index contributed by atoms with van der Waals surface area (Å²) in [5.74, 6) is -0.315. The number of hydrogen-bond acceptors (Lipinski definition) is 3. The van der Waals surface area contributed by atoms with E-state index in [1.807, 2.05) is 6.08 Å². The quantitative estimate of drug-likeness (QED) is 0.521. The summed E-state index contributed by atoms with van der Waals surface area (Å²) in [7, 11) is 0. The van der Waals surface area contributed by atoms with Crippen LogP contribution in [-0.2, 0) is 9.53 Å². The topological polar surface area (TPSA) is 46.5 Å². The van der Waals surface area contributed by atoms with Gasteiger partial charge in [0.2, 0.25) is 0 Å². The molecule has 0 saturated carbocycles. The highest BCUT2D eigenvalue weighted by molar-refractivity contribution is 5.67. The SMILES string of the molecule is CC(=O)OC(C)(C)C1=CCCC1O. The van der Waals surface area contributed by atoms with Crippen molar-refractivity contribution in [2.45, 2.75) is 45.3 Å². The van der Waals surface area contributed by atoms with Gasteiger partial charge in [-0.15, -0.1) is 0 Å². The number of rotatable bonds is 2. The highest BCUT2D eigenvalue weighted by Gasteiger charge is 2.33. The second kappa shape index (κ2) is 3.50. The molecule has 0 saturated heterocycles. The van der Waals surface area contributed by atoms with E-state index < -0.39 is 11.7 Å². The molecule has 1 N–H and O–H groups in total. The van der Waals surface area contributed by atoms with Crippen LogP contribution in [0, 0.1) is 0 Å². The maximum atomic E-state index is 10.8. The second-order valence-corrected chi connectivity index (χ2v) is 3.86. The molecule has 0 aliphatic heterocycles. The summed E-state index contributed by atoms with van der Waals surface area (Å²) in [4.78, 5) is 10.8. The van der Waals surface area contributed by atoms with Crippen LogP contribution < -0.4 is 0 Å². The minimum absolute atomic E-state index is 0.315. The van der Waals surface area contributed by atoms with Gasteiger partial charge in [0, 0.05) is 6.92 Å². The molecule has 0 amide bonds. The third-order valence-corrected chi connectivity index (χ3v) is 2.26. The molecule has 3 nitrogen and oxygen atoms in total. The van der Waals surface area contributed by atoms with Gasteiger partial charge in [0.1, 0.15) is 5.60 Å². The fraction of sp³-hybridized carbons (Fsp3) is 0.700. The molecule has 0 radical (unpaired) electrons. The van der Waals surface area contributed by atoms with E-state index in [2.05, 4.69) is 0 Å². The van der Waals surface area contributed by atoms with E-state index in [1.54, 1.807) is 13.8 Å². The first-order valence-electron chi connectivity index (χ1n) is 4.51. The predicted molar refractivity (Wildman–Crippen MR) is 49.2 cm³/mol. The standard InChI is InChI=1S/C10H16O3/c1-7(11)13-10(2,3)8-5-4-6-9(8)12/h5,9,12H,4,6H2,1-3H3. The summed E-state index contributed by atoms with van der Waals surface area (Å²) >= 11 is 0. The zero-order valence-electron chi connectivity index (χ0n) is 8.33. The van der Waals surface area contributed by atoms with Gasteiger partial charge >= 0.3 is 5.97 Å². The van der Waals surface area contributed by atoms with Crippen molar-refractivity contribution in [1.29, 1.82) is 0 Å². The highest BCUT2D eigenvalue weighted by atomic mass is 16.6. The minimum Gasteiger partial charge on any atom is -0.455 e. The number of aliphatic hydroxyl groups is 1. The van der Waals surface area contributed by atoms with Gasteiger partial charge in [-0.2, -0.15) is 0 Å². The average molecular weight is 184 g/mol. The van der Waals surface area contributed by atoms with Gasteiger partial charge in [-0.05, 0) is 32.3 Å². The Balaban J connectivity index is 2.73. The first-order chi connectivity index (χ1) is 5.93. The summed E-state index contributed by atoms with van der Waals surface area (Å²) in [5.41, 5.74) is 0.157. The lowest BCUT2D eigenvalue weighted by Gasteiger charge is -2.28. The largest absolute Gasteiger partial charge is 0.455 e. The molecule has 1 aliphatic carbocycles. The van der Waals surface area contributed by atoms with Crippen molar-refractivity contribution in [3.05, 3.63) is 11.6 Å². The fourth-order valence-electron chi connectivity index (χ4n) is 1.75. The summed E-state index contributed by atoms with van der Waals surface area (Å²) in [6, 6.07) is 0. The smallest absolute Gasteiger partial charge is 0.303 e. The van der Waals surface area contributed by atoms with E-state index in [4.69, 9.17) is 4.74 Å². The predicted octanol–water partition coefficient (Wildman–Crippen LogP) is 1.41. The maximum Gasteiger partial charge on any atom is 0.303 e. The molecule has 0 fully saturated rings. The van der Waals surface area contributed by atoms with Gasteiger partial charge in [-0.3, -0.25) is 4.79 Å². The van der Waals surface area contributed by atoms with Gasteiger partial charge in [0.25, 0.3) is 0 Å². The Bertz CT molecular complexity index is 241. The van der Waals surface area contributed by atoms with E-state index in [0.717, 1.165) is 18.4 Å². The molecule has 1 rings (SSSR count). The van der Waals surface area contributed by atoms with E-state index in [0.29, 0.717) is 0 Å². The molecule has 0 aromatic heterocycles. The zero-order valence-corrected chi connectivity index (χ0v) is 8.33. The molecule has 0 heterocycles. The molecular formula is C10H16O3. The number of allylic oxidation sites excluding steroid dienone is 1. The van der Waals surface area contributed by atoms with Gasteiger partial charge in [-0.25, -0.2) is 0 Å². The normalized spacial score (nSPS) is 22.8. The second-order valence-electron chi connectivity index (χ2n) is 3.86. The van der Waals surface area contributed by atoms with E-state index in [1.165, 1.54) is 6.92 Å². The third kappa shape index (κ3) is 2.31. The summed E-state index contributed by atoms with van der Waals surface area (Å²) < 4.78 is 5.12. The Morgan fingerprint density at radius 1 is 1.69 bits per heavy atom. The summed E-state index contributed by atoms with van der Waals surface area (Å²) in [6.07, 6.45) is 3.10. The van der Waals surface area contributed by atoms with Gasteiger partial charge < -0.3 is 9.84 Å². The minimum atomic E-state index is -0.665. The number of carbonyl (C=O) groups excluding carboxylic acids is 1. The zero-order chi connectivity index (χ0) is 10.1. The van der Waals surface area contributed by atoms with Crippen LogP contribution in [0.3, 0.4) is 0 Å². The van der Waals surface area contributed by atoms with Crippen LogP contribution in [0.15, 0.2) is 11.6 Å². The van der Waals surface area contributed by atoms with E-state index in [9.17, 15) is 9.90 Å². The average Bonchev–Trinajstić information content (AvgIpc) is 2.32. The Hall–Kier alpha value is -0.830. The lowest BCUT2D eigenvalue weighted by atomic mass is 9.95. The number of ether oxygens (including phenoxy) is 1. The molecule has 0 aromatic carbocycles. The molecule has 0 aromatic rings. The molecule has 3 heteroatoms. The van der Waals surface area contributed by atoms with Crippen molar-refractivity contribution in [3.63, 3.8) is 0 Å². The van der Waals surface area contributed by atoms with Crippen molar-refractivity contribution in [3.8, 4) is 0 Å². The van der Waals surface area contributed by atoms with Gasteiger partial charge in [0.05, 0.1) is 6.10 Å². The van der Waals surface area contributed by atoms with Gasteiger partial charge in [-0.1, -0.05) is 6.08 Å². The molecule has 0 bridgehead atoms. The molecule has 13 heavy (non-hydrogen) atoms. The van der Waals surface area contributed by atoms with Gasteiger partial charge in [0.15, 0.2) is 0 Å². The van der Waals surface area contributed by atoms with Crippen molar-refractivity contribution in [2.75, 3.05) is 0 Å². The van der Waals surface area contributed by atoms with E-state index >= 15 is 0 Å². The van der Waals surface area contributed by atoms with Crippen LogP contribution in [0.1, 0.15) is 33.6 Å². The highest BCUT2D eigenvalue weighted by Crippen LogP contribution is 2.31. The first kappa shape index (κ1) is 10.3. The Kier molecular flexibility index (Phi) is 2.76. The van der Waals surface area contributed by atoms with Crippen LogP contribution in [0.2, 0.25) is 0 Å². The van der Waals surface area contributed by atoms with Crippen molar-refractivity contribution < 1.29 is 14.6 Å². The van der Waals surface area contributed by atoms with Crippen LogP contribution >= 0.6 is 0 Å².